The van der Waals surface area contributed by atoms with Crippen LogP contribution in [0.1, 0.15) is 50.7 Å². The van der Waals surface area contributed by atoms with Crippen LogP contribution in [0, 0.1) is 11.3 Å². The van der Waals surface area contributed by atoms with Crippen molar-refractivity contribution in [3.63, 3.8) is 0 Å². The van der Waals surface area contributed by atoms with E-state index in [4.69, 9.17) is 10.00 Å². The number of benzene rings is 1. The van der Waals surface area contributed by atoms with Crippen LogP contribution in [0.15, 0.2) is 18.2 Å². The van der Waals surface area contributed by atoms with Crippen molar-refractivity contribution in [3.8, 4) is 11.8 Å². The molecule has 2 heteroatoms. The highest BCUT2D eigenvalue weighted by atomic mass is 16.5. The van der Waals surface area contributed by atoms with Crippen LogP contribution in [-0.2, 0) is 6.42 Å². The van der Waals surface area contributed by atoms with E-state index < -0.39 is 0 Å². The van der Waals surface area contributed by atoms with Crippen LogP contribution in [0.3, 0.4) is 0 Å². The number of ether oxygens (including phenoxy) is 1. The van der Waals surface area contributed by atoms with E-state index in [0.29, 0.717) is 18.9 Å². The monoisotopic (exact) mass is 231 g/mol. The minimum absolute atomic E-state index is 0.377. The van der Waals surface area contributed by atoms with Crippen LogP contribution in [0.25, 0.3) is 0 Å². The molecule has 0 saturated carbocycles. The second-order valence-corrected chi connectivity index (χ2v) is 4.26. The van der Waals surface area contributed by atoms with Crippen LogP contribution in [0.4, 0.5) is 0 Å². The average molecular weight is 231 g/mol. The van der Waals surface area contributed by atoms with Gasteiger partial charge in [0, 0.05) is 6.42 Å². The van der Waals surface area contributed by atoms with Gasteiger partial charge in [-0.2, -0.15) is 5.26 Å². The Morgan fingerprint density at radius 2 is 2.12 bits per heavy atom. The van der Waals surface area contributed by atoms with E-state index in [1.54, 1.807) is 0 Å². The minimum atomic E-state index is 0.377. The third-order valence-electron chi connectivity index (χ3n) is 3.00. The standard InChI is InChI=1S/C15H21NO/c1-4-13-8-9-15(17-5-2)14(11-13)12(3)7-6-10-16/h8-9,11-12H,4-7H2,1-3H3. The summed E-state index contributed by atoms with van der Waals surface area (Å²) in [4.78, 5) is 0. The number of rotatable bonds is 6. The van der Waals surface area contributed by atoms with Crippen molar-refractivity contribution in [2.75, 3.05) is 6.61 Å². The third-order valence-corrected chi connectivity index (χ3v) is 3.00. The van der Waals surface area contributed by atoms with Gasteiger partial charge in [-0.1, -0.05) is 26.0 Å². The van der Waals surface area contributed by atoms with Gasteiger partial charge < -0.3 is 4.74 Å². The lowest BCUT2D eigenvalue weighted by Gasteiger charge is -2.16. The van der Waals surface area contributed by atoms with Crippen molar-refractivity contribution in [1.82, 2.24) is 0 Å². The Morgan fingerprint density at radius 3 is 2.71 bits per heavy atom. The Labute approximate surface area is 104 Å². The molecule has 0 amide bonds. The summed E-state index contributed by atoms with van der Waals surface area (Å²) in [6.07, 6.45) is 2.53. The highest BCUT2D eigenvalue weighted by Crippen LogP contribution is 2.30. The van der Waals surface area contributed by atoms with Crippen LogP contribution in [0.5, 0.6) is 5.75 Å². The van der Waals surface area contributed by atoms with E-state index in [9.17, 15) is 0 Å². The largest absolute Gasteiger partial charge is 0.494 e. The molecule has 17 heavy (non-hydrogen) atoms. The van der Waals surface area contributed by atoms with Gasteiger partial charge in [-0.15, -0.1) is 0 Å². The van der Waals surface area contributed by atoms with Crippen molar-refractivity contribution in [2.24, 2.45) is 0 Å². The maximum atomic E-state index is 8.65. The van der Waals surface area contributed by atoms with E-state index in [1.807, 2.05) is 6.92 Å². The summed E-state index contributed by atoms with van der Waals surface area (Å²) in [5.41, 5.74) is 2.56. The number of nitriles is 1. The normalized spacial score (nSPS) is 11.9. The lowest BCUT2D eigenvalue weighted by molar-refractivity contribution is 0.334. The Morgan fingerprint density at radius 1 is 1.35 bits per heavy atom. The number of hydrogen-bond donors (Lipinski definition) is 0. The molecule has 0 fully saturated rings. The molecule has 2 nitrogen and oxygen atoms in total. The molecule has 1 rings (SSSR count). The fourth-order valence-corrected chi connectivity index (χ4v) is 1.93. The molecule has 0 aliphatic rings. The van der Waals surface area contributed by atoms with E-state index in [-0.39, 0.29) is 0 Å². The first kappa shape index (κ1) is 13.6. The number of aryl methyl sites for hydroxylation is 1. The molecule has 1 atom stereocenters. The summed E-state index contributed by atoms with van der Waals surface area (Å²) in [5.74, 6) is 1.35. The van der Waals surface area contributed by atoms with Crippen LogP contribution in [0.2, 0.25) is 0 Å². The summed E-state index contributed by atoms with van der Waals surface area (Å²) in [5, 5.41) is 8.65. The topological polar surface area (TPSA) is 33.0 Å². The Bertz CT molecular complexity index is 392. The van der Waals surface area contributed by atoms with Gasteiger partial charge >= 0.3 is 0 Å². The molecule has 0 saturated heterocycles. The summed E-state index contributed by atoms with van der Waals surface area (Å²) in [6, 6.07) is 8.60. The van der Waals surface area contributed by atoms with Gasteiger partial charge in [-0.25, -0.2) is 0 Å². The first-order chi connectivity index (χ1) is 8.22. The fraction of sp³-hybridized carbons (Fsp3) is 0.533. The van der Waals surface area contributed by atoms with Gasteiger partial charge in [0.25, 0.3) is 0 Å². The van der Waals surface area contributed by atoms with Crippen molar-refractivity contribution < 1.29 is 4.74 Å². The van der Waals surface area contributed by atoms with E-state index in [1.165, 1.54) is 11.1 Å². The van der Waals surface area contributed by atoms with E-state index in [0.717, 1.165) is 18.6 Å². The lowest BCUT2D eigenvalue weighted by atomic mass is 9.93. The molecule has 0 aliphatic carbocycles. The molecule has 1 aromatic rings. The van der Waals surface area contributed by atoms with Crippen molar-refractivity contribution in [3.05, 3.63) is 29.3 Å². The summed E-state index contributed by atoms with van der Waals surface area (Å²) in [6.45, 7) is 6.99. The molecular formula is C15H21NO. The molecule has 0 N–H and O–H groups in total. The summed E-state index contributed by atoms with van der Waals surface area (Å²) in [7, 11) is 0. The van der Waals surface area contributed by atoms with Crippen LogP contribution >= 0.6 is 0 Å². The first-order valence-corrected chi connectivity index (χ1v) is 6.35. The summed E-state index contributed by atoms with van der Waals surface area (Å²) < 4.78 is 5.65. The molecule has 0 spiro atoms. The third kappa shape index (κ3) is 3.78. The zero-order chi connectivity index (χ0) is 12.7. The van der Waals surface area contributed by atoms with Gasteiger partial charge in [-0.05, 0) is 42.9 Å². The Hall–Kier alpha value is -1.49. The zero-order valence-electron chi connectivity index (χ0n) is 11.0. The van der Waals surface area contributed by atoms with Gasteiger partial charge in [0.15, 0.2) is 0 Å². The molecule has 0 aliphatic heterocycles. The SMILES string of the molecule is CCOc1ccc(CC)cc1C(C)CCC#N. The smallest absolute Gasteiger partial charge is 0.122 e. The molecule has 1 unspecified atom stereocenters. The predicted molar refractivity (Wildman–Crippen MR) is 70.3 cm³/mol. The average Bonchev–Trinajstić information content (AvgIpc) is 2.36. The van der Waals surface area contributed by atoms with Crippen LogP contribution in [-0.4, -0.2) is 6.61 Å². The van der Waals surface area contributed by atoms with Crippen molar-refractivity contribution in [1.29, 1.82) is 5.26 Å². The molecular weight excluding hydrogens is 210 g/mol. The highest BCUT2D eigenvalue weighted by Gasteiger charge is 2.12. The fourth-order valence-electron chi connectivity index (χ4n) is 1.93. The second kappa shape index (κ2) is 6.96. The first-order valence-electron chi connectivity index (χ1n) is 6.35. The van der Waals surface area contributed by atoms with Crippen molar-refractivity contribution in [2.45, 2.75) is 46.0 Å². The van der Waals surface area contributed by atoms with Gasteiger partial charge in [-0.3, -0.25) is 0 Å². The van der Waals surface area contributed by atoms with E-state index >= 15 is 0 Å². The predicted octanol–water partition coefficient (Wildman–Crippen LogP) is 4.05. The Balaban J connectivity index is 2.95. The molecule has 0 bridgehead atoms. The van der Waals surface area contributed by atoms with Crippen molar-refractivity contribution >= 4 is 0 Å². The molecule has 0 heterocycles. The zero-order valence-corrected chi connectivity index (χ0v) is 11.0. The van der Waals surface area contributed by atoms with Gasteiger partial charge in [0.1, 0.15) is 5.75 Å². The molecule has 0 aromatic heterocycles. The van der Waals surface area contributed by atoms with Gasteiger partial charge in [0.05, 0.1) is 12.7 Å². The number of nitrogens with zero attached hydrogens (tertiary/aromatic N) is 1. The number of hydrogen-bond acceptors (Lipinski definition) is 2. The minimum Gasteiger partial charge on any atom is -0.494 e. The van der Waals surface area contributed by atoms with Gasteiger partial charge in [0.2, 0.25) is 0 Å². The maximum absolute atomic E-state index is 8.65. The molecule has 92 valence electrons. The highest BCUT2D eigenvalue weighted by molar-refractivity contribution is 5.39. The van der Waals surface area contributed by atoms with Crippen LogP contribution < -0.4 is 4.74 Å². The second-order valence-electron chi connectivity index (χ2n) is 4.26. The lowest BCUT2D eigenvalue weighted by Crippen LogP contribution is -2.01. The Kier molecular flexibility index (Phi) is 5.56. The molecule has 1 aromatic carbocycles. The quantitative estimate of drug-likeness (QED) is 0.739. The molecule has 0 radical (unpaired) electrons. The maximum Gasteiger partial charge on any atom is 0.122 e. The van der Waals surface area contributed by atoms with E-state index in [2.05, 4.69) is 38.1 Å². The summed E-state index contributed by atoms with van der Waals surface area (Å²) >= 11 is 0.